The summed E-state index contributed by atoms with van der Waals surface area (Å²) in [5, 5.41) is 3.49. The number of rotatable bonds is 2. The summed E-state index contributed by atoms with van der Waals surface area (Å²) in [6.45, 7) is 0. The molecule has 0 bridgehead atoms. The molecule has 0 saturated heterocycles. The van der Waals surface area contributed by atoms with Crippen LogP contribution in [0.3, 0.4) is 0 Å². The lowest BCUT2D eigenvalue weighted by Gasteiger charge is -2.07. The van der Waals surface area contributed by atoms with Crippen molar-refractivity contribution in [3.05, 3.63) is 66.6 Å². The van der Waals surface area contributed by atoms with Crippen molar-refractivity contribution in [3.63, 3.8) is 0 Å². The van der Waals surface area contributed by atoms with Gasteiger partial charge in [0, 0.05) is 5.39 Å². The van der Waals surface area contributed by atoms with Gasteiger partial charge >= 0.3 is 6.09 Å². The molecule has 2 aromatic carbocycles. The fourth-order valence-electron chi connectivity index (χ4n) is 1.89. The highest BCUT2D eigenvalue weighted by atomic mass is 19.1. The lowest BCUT2D eigenvalue weighted by Crippen LogP contribution is -2.16. The number of carbonyl (C=O) groups excluding carboxylic acids is 1. The molecule has 1 N–H and O–H groups in total. The molecular weight excluding hydrogens is 271 g/mol. The summed E-state index contributed by atoms with van der Waals surface area (Å²) in [4.78, 5) is 16.0. The predicted octanol–water partition coefficient (Wildman–Crippen LogP) is 3.98. The molecule has 0 radical (unpaired) electrons. The maximum absolute atomic E-state index is 12.8. The van der Waals surface area contributed by atoms with Crippen molar-refractivity contribution >= 4 is 22.7 Å². The van der Waals surface area contributed by atoms with Gasteiger partial charge in [-0.25, -0.2) is 9.18 Å². The molecule has 5 heteroatoms. The Balaban J connectivity index is 1.72. The van der Waals surface area contributed by atoms with E-state index in [1.807, 2.05) is 24.3 Å². The van der Waals surface area contributed by atoms with Crippen LogP contribution in [-0.4, -0.2) is 11.1 Å². The number of hydrogen-bond donors (Lipinski definition) is 1. The molecule has 3 rings (SSSR count). The zero-order chi connectivity index (χ0) is 14.7. The van der Waals surface area contributed by atoms with E-state index < -0.39 is 6.09 Å². The first kappa shape index (κ1) is 13.1. The molecular formula is C16H11FN2O2. The molecule has 0 aliphatic carbocycles. The molecule has 0 unspecified atom stereocenters. The number of aromatic nitrogens is 1. The van der Waals surface area contributed by atoms with E-state index in [1.165, 1.54) is 24.3 Å². The molecule has 4 nitrogen and oxygen atoms in total. The molecule has 1 amide bonds. The maximum Gasteiger partial charge on any atom is 0.417 e. The molecule has 21 heavy (non-hydrogen) atoms. The Bertz CT molecular complexity index is 788. The number of anilines is 1. The van der Waals surface area contributed by atoms with E-state index in [0.29, 0.717) is 5.69 Å². The number of fused-ring (bicyclic) bond motifs is 1. The first-order valence-corrected chi connectivity index (χ1v) is 6.30. The maximum atomic E-state index is 12.8. The predicted molar refractivity (Wildman–Crippen MR) is 77.8 cm³/mol. The van der Waals surface area contributed by atoms with Gasteiger partial charge in [0.25, 0.3) is 0 Å². The van der Waals surface area contributed by atoms with Crippen molar-refractivity contribution in [1.29, 1.82) is 0 Å². The molecule has 1 heterocycles. The van der Waals surface area contributed by atoms with Gasteiger partial charge in [-0.15, -0.1) is 0 Å². The first-order valence-electron chi connectivity index (χ1n) is 6.30. The van der Waals surface area contributed by atoms with Crippen molar-refractivity contribution in [3.8, 4) is 5.75 Å². The van der Waals surface area contributed by atoms with Gasteiger partial charge in [-0.3, -0.25) is 10.3 Å². The molecule has 1 aromatic heterocycles. The van der Waals surface area contributed by atoms with E-state index in [9.17, 15) is 9.18 Å². The van der Waals surface area contributed by atoms with Gasteiger partial charge in [0.1, 0.15) is 11.6 Å². The zero-order valence-electron chi connectivity index (χ0n) is 10.9. The Hall–Kier alpha value is -2.95. The minimum absolute atomic E-state index is 0.266. The van der Waals surface area contributed by atoms with Crippen molar-refractivity contribution < 1.29 is 13.9 Å². The lowest BCUT2D eigenvalue weighted by atomic mass is 10.2. The standard InChI is InChI=1S/C16H11FN2O2/c17-12-5-7-14(8-6-12)21-16(20)19-13-9-11-3-1-2-4-15(11)18-10-13/h1-10H,(H,19,20). The summed E-state index contributed by atoms with van der Waals surface area (Å²) in [6, 6.07) is 14.6. The number of nitrogens with zero attached hydrogens (tertiary/aromatic N) is 1. The molecule has 0 aliphatic rings. The van der Waals surface area contributed by atoms with Crippen molar-refractivity contribution in [1.82, 2.24) is 4.98 Å². The fourth-order valence-corrected chi connectivity index (χ4v) is 1.89. The van der Waals surface area contributed by atoms with Crippen LogP contribution in [0.5, 0.6) is 5.75 Å². The number of halogens is 1. The minimum atomic E-state index is -0.654. The van der Waals surface area contributed by atoms with E-state index in [2.05, 4.69) is 10.3 Å². The third-order valence-electron chi connectivity index (χ3n) is 2.86. The van der Waals surface area contributed by atoms with Gasteiger partial charge in [-0.1, -0.05) is 18.2 Å². The number of benzene rings is 2. The van der Waals surface area contributed by atoms with Crippen LogP contribution in [0, 0.1) is 5.82 Å². The van der Waals surface area contributed by atoms with Crippen LogP contribution in [0.1, 0.15) is 0 Å². The van der Waals surface area contributed by atoms with Crippen LogP contribution in [0.4, 0.5) is 14.9 Å². The minimum Gasteiger partial charge on any atom is -0.410 e. The molecule has 3 aromatic rings. The second-order valence-corrected chi connectivity index (χ2v) is 4.39. The topological polar surface area (TPSA) is 51.2 Å². The van der Waals surface area contributed by atoms with Crippen LogP contribution in [0.25, 0.3) is 10.9 Å². The third-order valence-corrected chi connectivity index (χ3v) is 2.86. The monoisotopic (exact) mass is 282 g/mol. The smallest absolute Gasteiger partial charge is 0.410 e. The van der Waals surface area contributed by atoms with Crippen LogP contribution >= 0.6 is 0 Å². The van der Waals surface area contributed by atoms with E-state index in [0.717, 1.165) is 10.9 Å². The van der Waals surface area contributed by atoms with E-state index >= 15 is 0 Å². The van der Waals surface area contributed by atoms with E-state index in [1.54, 1.807) is 12.3 Å². The second kappa shape index (κ2) is 5.58. The Morgan fingerprint density at radius 3 is 2.67 bits per heavy atom. The quantitative estimate of drug-likeness (QED) is 0.773. The largest absolute Gasteiger partial charge is 0.417 e. The average molecular weight is 282 g/mol. The van der Waals surface area contributed by atoms with Crippen molar-refractivity contribution in [2.45, 2.75) is 0 Å². The van der Waals surface area contributed by atoms with Crippen molar-refractivity contribution in [2.24, 2.45) is 0 Å². The highest BCUT2D eigenvalue weighted by Crippen LogP contribution is 2.17. The Kier molecular flexibility index (Phi) is 3.47. The summed E-state index contributed by atoms with van der Waals surface area (Å²) in [5.41, 5.74) is 1.37. The van der Waals surface area contributed by atoms with Gasteiger partial charge < -0.3 is 4.74 Å². The molecule has 0 fully saturated rings. The number of nitrogens with one attached hydrogen (secondary N) is 1. The number of hydrogen-bond acceptors (Lipinski definition) is 3. The van der Waals surface area contributed by atoms with Crippen LogP contribution in [-0.2, 0) is 0 Å². The van der Waals surface area contributed by atoms with Gasteiger partial charge in [-0.2, -0.15) is 0 Å². The van der Waals surface area contributed by atoms with E-state index in [-0.39, 0.29) is 11.6 Å². The average Bonchev–Trinajstić information content (AvgIpc) is 2.49. The van der Waals surface area contributed by atoms with Crippen LogP contribution in [0.2, 0.25) is 0 Å². The molecule has 0 aliphatic heterocycles. The van der Waals surface area contributed by atoms with Gasteiger partial charge in [0.2, 0.25) is 0 Å². The van der Waals surface area contributed by atoms with Crippen LogP contribution in [0.15, 0.2) is 60.8 Å². The fraction of sp³-hybridized carbons (Fsp3) is 0. The number of ether oxygens (including phenoxy) is 1. The molecule has 0 spiro atoms. The molecule has 104 valence electrons. The second-order valence-electron chi connectivity index (χ2n) is 4.39. The van der Waals surface area contributed by atoms with Crippen molar-refractivity contribution in [2.75, 3.05) is 5.32 Å². The van der Waals surface area contributed by atoms with E-state index in [4.69, 9.17) is 4.74 Å². The number of carbonyl (C=O) groups is 1. The summed E-state index contributed by atoms with van der Waals surface area (Å²) in [6.07, 6.45) is 0.896. The molecule has 0 saturated carbocycles. The molecule has 0 atom stereocenters. The number of pyridine rings is 1. The normalized spacial score (nSPS) is 10.3. The lowest BCUT2D eigenvalue weighted by molar-refractivity contribution is 0.215. The summed E-state index contributed by atoms with van der Waals surface area (Å²) >= 11 is 0. The summed E-state index contributed by atoms with van der Waals surface area (Å²) < 4.78 is 17.8. The van der Waals surface area contributed by atoms with Gasteiger partial charge in [-0.05, 0) is 36.4 Å². The number of amides is 1. The summed E-state index contributed by atoms with van der Waals surface area (Å²) in [7, 11) is 0. The Labute approximate surface area is 120 Å². The number of para-hydroxylation sites is 1. The van der Waals surface area contributed by atoms with Gasteiger partial charge in [0.05, 0.1) is 17.4 Å². The SMILES string of the molecule is O=C(Nc1cnc2ccccc2c1)Oc1ccc(F)cc1. The third kappa shape index (κ3) is 3.14. The Morgan fingerprint density at radius 1 is 1.10 bits per heavy atom. The Morgan fingerprint density at radius 2 is 1.86 bits per heavy atom. The van der Waals surface area contributed by atoms with Gasteiger partial charge in [0.15, 0.2) is 0 Å². The highest BCUT2D eigenvalue weighted by molar-refractivity contribution is 5.89. The highest BCUT2D eigenvalue weighted by Gasteiger charge is 2.06. The van der Waals surface area contributed by atoms with Crippen LogP contribution < -0.4 is 10.1 Å². The first-order chi connectivity index (χ1) is 10.2. The summed E-state index contributed by atoms with van der Waals surface area (Å²) in [5.74, 6) is -0.121. The zero-order valence-corrected chi connectivity index (χ0v) is 10.9.